The summed E-state index contributed by atoms with van der Waals surface area (Å²) in [5.41, 5.74) is -12.2. The Morgan fingerprint density at radius 1 is 0.489 bits per heavy atom. The highest BCUT2D eigenvalue weighted by atomic mass is 19.4. The predicted molar refractivity (Wildman–Crippen MR) is 311 cm³/mol. The van der Waals surface area contributed by atoms with E-state index in [1.807, 2.05) is 0 Å². The van der Waals surface area contributed by atoms with Crippen molar-refractivity contribution in [2.75, 3.05) is 21.3 Å². The van der Waals surface area contributed by atoms with Gasteiger partial charge in [-0.05, 0) is 103 Å². The Balaban J connectivity index is 1.21. The summed E-state index contributed by atoms with van der Waals surface area (Å²) < 4.78 is 188. The van der Waals surface area contributed by atoms with E-state index in [1.54, 1.807) is 0 Å². The number of benzene rings is 3. The monoisotopic (exact) mass is 1290 g/mol. The molecule has 3 aliphatic rings. The predicted octanol–water partition coefficient (Wildman–Crippen LogP) is 15.1. The van der Waals surface area contributed by atoms with Gasteiger partial charge in [0.15, 0.2) is 0 Å². The van der Waals surface area contributed by atoms with Crippen LogP contribution in [0.25, 0.3) is 0 Å². The van der Waals surface area contributed by atoms with Gasteiger partial charge in [-0.3, -0.25) is 4.79 Å². The number of hydrogen-bond acceptors (Lipinski definition) is 14. The van der Waals surface area contributed by atoms with Crippen LogP contribution >= 0.6 is 0 Å². The number of hydrogen-bond donors (Lipinski definition) is 0. The molecule has 0 bridgehead atoms. The highest BCUT2D eigenvalue weighted by molar-refractivity contribution is 5.85. The number of alkyl halides is 9. The van der Waals surface area contributed by atoms with Crippen LogP contribution < -0.4 is 0 Å². The lowest BCUT2D eigenvalue weighted by molar-refractivity contribution is -0.281. The third-order valence-electron chi connectivity index (χ3n) is 17.6. The molecule has 0 radical (unpaired) electrons. The summed E-state index contributed by atoms with van der Waals surface area (Å²) in [5, 5.41) is 0. The first-order valence-corrected chi connectivity index (χ1v) is 31.5. The number of unbranched alkanes of at least 4 members (excludes halogenated alkanes) is 10. The summed E-state index contributed by atoms with van der Waals surface area (Å²) >= 11 is 0. The molecule has 502 valence electrons. The molecule has 23 heteroatoms. The number of rotatable bonds is 37. The maximum absolute atomic E-state index is 15.4. The Kier molecular flexibility index (Phi) is 27.6. The Labute approximate surface area is 521 Å². The fourth-order valence-corrected chi connectivity index (χ4v) is 12.7. The molecule has 12 atom stereocenters. The van der Waals surface area contributed by atoms with Crippen molar-refractivity contribution < 1.29 is 106 Å². The van der Waals surface area contributed by atoms with E-state index in [9.17, 15) is 24.0 Å². The molecule has 0 amide bonds. The van der Waals surface area contributed by atoms with Crippen LogP contribution in [0.2, 0.25) is 0 Å². The number of Topliss-reactive ketones (excluding diaryl/α,β-unsaturated/α-hetero) is 1. The zero-order chi connectivity index (χ0) is 65.8. The van der Waals surface area contributed by atoms with Gasteiger partial charge >= 0.3 is 42.4 Å². The van der Waals surface area contributed by atoms with Crippen molar-refractivity contribution in [2.45, 2.75) is 252 Å². The first kappa shape index (κ1) is 73.4. The Morgan fingerprint density at radius 2 is 0.844 bits per heavy atom. The van der Waals surface area contributed by atoms with Crippen LogP contribution in [-0.2, 0) is 83.4 Å². The molecule has 2 unspecified atom stereocenters. The summed E-state index contributed by atoms with van der Waals surface area (Å²) in [6.07, 6.45) is -13.1. The van der Waals surface area contributed by atoms with Gasteiger partial charge in [0.2, 0.25) is 0 Å². The molecule has 0 aromatic heterocycles. The van der Waals surface area contributed by atoms with Crippen molar-refractivity contribution in [1.29, 1.82) is 0 Å². The topological polar surface area (TPSA) is 168 Å². The Morgan fingerprint density at radius 3 is 1.23 bits per heavy atom. The number of esters is 4. The van der Waals surface area contributed by atoms with Crippen LogP contribution in [0.4, 0.5) is 39.5 Å². The second-order valence-electron chi connectivity index (χ2n) is 23.8. The molecule has 3 aliphatic heterocycles. The van der Waals surface area contributed by atoms with Gasteiger partial charge in [0, 0.05) is 44.4 Å². The summed E-state index contributed by atoms with van der Waals surface area (Å²) in [6, 6.07) is 18.8. The second-order valence-corrected chi connectivity index (χ2v) is 23.8. The molecule has 14 nitrogen and oxygen atoms in total. The minimum absolute atomic E-state index is 0.0490. The van der Waals surface area contributed by atoms with Crippen molar-refractivity contribution in [3.05, 3.63) is 108 Å². The second kappa shape index (κ2) is 33.8. The van der Waals surface area contributed by atoms with Gasteiger partial charge in [0.1, 0.15) is 30.2 Å². The number of halogens is 9. The van der Waals surface area contributed by atoms with E-state index in [0.717, 1.165) is 96.3 Å². The summed E-state index contributed by atoms with van der Waals surface area (Å²) in [7, 11) is 2.24. The van der Waals surface area contributed by atoms with E-state index < -0.39 is 131 Å². The van der Waals surface area contributed by atoms with Crippen molar-refractivity contribution in [3.63, 3.8) is 0 Å². The normalized spacial score (nSPS) is 22.8. The van der Waals surface area contributed by atoms with E-state index in [0.29, 0.717) is 44.9 Å². The number of ether oxygens (including phenoxy) is 9. The van der Waals surface area contributed by atoms with Gasteiger partial charge in [-0.2, -0.15) is 39.5 Å². The van der Waals surface area contributed by atoms with Crippen LogP contribution in [-0.4, -0.2) is 118 Å². The Bertz CT molecular complexity index is 2700. The highest BCUT2D eigenvalue weighted by Gasteiger charge is 2.67. The number of methoxy groups -OCH3 is 3. The molecule has 3 aromatic rings. The van der Waals surface area contributed by atoms with Crippen molar-refractivity contribution in [3.8, 4) is 0 Å². The first-order valence-electron chi connectivity index (χ1n) is 31.5. The third kappa shape index (κ3) is 18.1. The summed E-state index contributed by atoms with van der Waals surface area (Å²) in [4.78, 5) is 66.5. The molecule has 0 saturated carbocycles. The van der Waals surface area contributed by atoms with Gasteiger partial charge in [-0.25, -0.2) is 14.4 Å². The lowest BCUT2D eigenvalue weighted by Crippen LogP contribution is -2.53. The quantitative estimate of drug-likeness (QED) is 0.0231. The van der Waals surface area contributed by atoms with E-state index in [2.05, 4.69) is 6.92 Å². The fraction of sp³-hybridized carbons (Fsp3) is 0.657. The van der Waals surface area contributed by atoms with Gasteiger partial charge in [0.05, 0.1) is 30.3 Å². The van der Waals surface area contributed by atoms with Gasteiger partial charge < -0.3 is 47.4 Å². The molecular formula is C67H87F9O14. The zero-order valence-corrected chi connectivity index (χ0v) is 51.9. The molecule has 3 aromatic carbocycles. The van der Waals surface area contributed by atoms with Crippen LogP contribution in [0.1, 0.15) is 185 Å². The smallest absolute Gasteiger partial charge is 0.432 e. The molecule has 3 heterocycles. The van der Waals surface area contributed by atoms with Crippen molar-refractivity contribution in [1.82, 2.24) is 0 Å². The van der Waals surface area contributed by atoms with E-state index >= 15 is 39.5 Å². The average Bonchev–Trinajstić information content (AvgIpc) is 0.982. The maximum atomic E-state index is 15.4. The molecule has 0 aliphatic carbocycles. The van der Waals surface area contributed by atoms with E-state index in [-0.39, 0.29) is 76.4 Å². The molecule has 90 heavy (non-hydrogen) atoms. The largest absolute Gasteiger partial charge is 0.462 e. The average molecular weight is 1290 g/mol. The molecule has 6 rings (SSSR count). The van der Waals surface area contributed by atoms with Crippen LogP contribution in [0, 0.1) is 5.92 Å². The summed E-state index contributed by atoms with van der Waals surface area (Å²) in [6.45, 7) is 3.49. The standard InChI is InChI=1S/C67H87F9O14/c1-6-7-8-9-10-11-12-25-37-52(89-60(80)63(83-4,66(71,72)73)48-30-19-14-20-31-48)54-39-41-56(87-54)57-42-40-55(88-57)53(90-61(81)64(84-5,67(74,75)76)49-32-21-15-22-33-49)38-27-26-35-50(34-23-16-24-36-51-44-46(43-45(2)77)58(78)85-51)86-59(79)62(82-3,65(68,69)70)47-28-17-13-18-29-47/h13-15,17-22,28-33,46,50-57H,6-12,16,23-27,34-44H2,1-5H3/t46?,50-,51?,52-,53-,54-,55-,56+,57-,62-,63-,64-/m1/s1. The fourth-order valence-electron chi connectivity index (χ4n) is 12.7. The third-order valence-corrected chi connectivity index (χ3v) is 17.6. The van der Waals surface area contributed by atoms with Crippen molar-refractivity contribution >= 4 is 29.7 Å². The molecule has 0 N–H and O–H groups in total. The number of carbonyl (C=O) groups is 5. The Hall–Kier alpha value is -5.62. The molecule has 3 fully saturated rings. The van der Waals surface area contributed by atoms with Crippen molar-refractivity contribution in [2.24, 2.45) is 5.92 Å². The summed E-state index contributed by atoms with van der Waals surface area (Å²) in [5.74, 6) is -6.35. The van der Waals surface area contributed by atoms with Crippen LogP contribution in [0.5, 0.6) is 0 Å². The van der Waals surface area contributed by atoms with Crippen LogP contribution in [0.15, 0.2) is 91.0 Å². The van der Waals surface area contributed by atoms with Gasteiger partial charge in [-0.15, -0.1) is 0 Å². The molecular weight excluding hydrogens is 1200 g/mol. The number of ketones is 1. The van der Waals surface area contributed by atoms with Crippen LogP contribution in [0.3, 0.4) is 0 Å². The first-order chi connectivity index (χ1) is 42.8. The minimum Gasteiger partial charge on any atom is -0.462 e. The SMILES string of the molecule is CCCCCCCCCC[C@@H](OC(=O)[C@](OC)(c1ccccc1)C(F)(F)F)[C@H]1CC[C@@H]([C@H]2CC[C@H]([C@@H](CCCC[C@@H](CCCCCC3CC(CC(C)=O)C(=O)O3)OC(=O)[C@](OC)(c3ccccc3)C(F)(F)F)OC(=O)[C@](OC)(c3ccccc3)C(F)(F)F)O2)O1. The highest BCUT2D eigenvalue weighted by Crippen LogP contribution is 2.48. The van der Waals surface area contributed by atoms with Gasteiger partial charge in [-0.1, -0.05) is 149 Å². The lowest BCUT2D eigenvalue weighted by Gasteiger charge is -2.35. The number of carbonyl (C=O) groups excluding carboxylic acids is 5. The number of cyclic esters (lactones) is 1. The van der Waals surface area contributed by atoms with E-state index in [4.69, 9.17) is 42.6 Å². The molecule has 0 spiro atoms. The zero-order valence-electron chi connectivity index (χ0n) is 51.9. The van der Waals surface area contributed by atoms with Gasteiger partial charge in [0.25, 0.3) is 16.8 Å². The maximum Gasteiger partial charge on any atom is 0.432 e. The van der Waals surface area contributed by atoms with E-state index in [1.165, 1.54) is 61.5 Å². The lowest BCUT2D eigenvalue weighted by atomic mass is 9.92. The minimum atomic E-state index is -5.36. The molecule has 3 saturated heterocycles.